The third-order valence-electron chi connectivity index (χ3n) is 3.69. The fraction of sp³-hybridized carbons (Fsp3) is 0.143. The number of esters is 1. The predicted molar refractivity (Wildman–Crippen MR) is 100 cm³/mol. The summed E-state index contributed by atoms with van der Waals surface area (Å²) >= 11 is 0. The molecule has 1 aliphatic rings. The quantitative estimate of drug-likeness (QED) is 0.438. The Kier molecular flexibility index (Phi) is 5.35. The second-order valence-electron chi connectivity index (χ2n) is 5.97. The Morgan fingerprint density at radius 1 is 1.26 bits per heavy atom. The number of aliphatic imine (C=N–C) groups is 1. The van der Waals surface area contributed by atoms with Gasteiger partial charge in [-0.1, -0.05) is 24.8 Å². The van der Waals surface area contributed by atoms with Crippen molar-refractivity contribution in [1.29, 1.82) is 0 Å². The minimum Gasteiger partial charge on any atom is -0.493 e. The van der Waals surface area contributed by atoms with Gasteiger partial charge >= 0.3 is 5.97 Å². The Morgan fingerprint density at radius 3 is 2.74 bits per heavy atom. The number of carbonyl (C=O) groups excluding carboxylic acids is 1. The fourth-order valence-corrected chi connectivity index (χ4v) is 2.41. The lowest BCUT2D eigenvalue weighted by molar-refractivity contribution is -0.129. The molecule has 0 fully saturated rings. The van der Waals surface area contributed by atoms with Crippen LogP contribution in [0.4, 0.5) is 4.39 Å². The lowest BCUT2D eigenvalue weighted by Gasteiger charge is -2.11. The average molecular weight is 367 g/mol. The highest BCUT2D eigenvalue weighted by atomic mass is 19.1. The van der Waals surface area contributed by atoms with Gasteiger partial charge in [-0.2, -0.15) is 0 Å². The van der Waals surface area contributed by atoms with Crippen LogP contribution in [0.5, 0.6) is 11.5 Å². The summed E-state index contributed by atoms with van der Waals surface area (Å²) in [5, 5.41) is 0. The topological polar surface area (TPSA) is 57.1 Å². The molecule has 1 heterocycles. The Balaban J connectivity index is 1.88. The number of hydrogen-bond acceptors (Lipinski definition) is 5. The van der Waals surface area contributed by atoms with Gasteiger partial charge in [-0.15, -0.1) is 0 Å². The summed E-state index contributed by atoms with van der Waals surface area (Å²) in [7, 11) is 1.53. The maximum Gasteiger partial charge on any atom is 0.363 e. The number of halogens is 1. The smallest absolute Gasteiger partial charge is 0.363 e. The summed E-state index contributed by atoms with van der Waals surface area (Å²) in [4.78, 5) is 16.2. The van der Waals surface area contributed by atoms with Crippen molar-refractivity contribution in [3.05, 3.63) is 77.3 Å². The van der Waals surface area contributed by atoms with Crippen LogP contribution in [0.3, 0.4) is 0 Å². The van der Waals surface area contributed by atoms with Crippen molar-refractivity contribution in [1.82, 2.24) is 0 Å². The second-order valence-corrected chi connectivity index (χ2v) is 5.97. The molecule has 0 amide bonds. The Morgan fingerprint density at radius 2 is 2.04 bits per heavy atom. The number of benzene rings is 2. The van der Waals surface area contributed by atoms with Crippen LogP contribution in [-0.2, 0) is 9.53 Å². The number of ether oxygens (including phenoxy) is 3. The van der Waals surface area contributed by atoms with Crippen molar-refractivity contribution in [2.45, 2.75) is 6.92 Å². The molecule has 5 nitrogen and oxygen atoms in total. The van der Waals surface area contributed by atoms with E-state index in [2.05, 4.69) is 11.6 Å². The van der Waals surface area contributed by atoms with Crippen molar-refractivity contribution in [3.63, 3.8) is 0 Å². The van der Waals surface area contributed by atoms with Crippen LogP contribution in [0.25, 0.3) is 6.08 Å². The summed E-state index contributed by atoms with van der Waals surface area (Å²) in [6.07, 6.45) is 1.54. The van der Waals surface area contributed by atoms with Crippen LogP contribution in [0.1, 0.15) is 18.1 Å². The third-order valence-corrected chi connectivity index (χ3v) is 3.69. The number of nitrogens with zero attached hydrogens (tertiary/aromatic N) is 1. The number of cyclic esters (lactones) is 1. The van der Waals surface area contributed by atoms with Gasteiger partial charge in [0.25, 0.3) is 0 Å². The molecule has 0 saturated heterocycles. The first kappa shape index (κ1) is 18.4. The summed E-state index contributed by atoms with van der Waals surface area (Å²) in [6.45, 7) is 6.03. The van der Waals surface area contributed by atoms with Gasteiger partial charge in [0.05, 0.1) is 12.7 Å². The van der Waals surface area contributed by atoms with Gasteiger partial charge in [0.15, 0.2) is 17.2 Å². The van der Waals surface area contributed by atoms with E-state index in [-0.39, 0.29) is 17.2 Å². The Bertz CT molecular complexity index is 962. The first-order chi connectivity index (χ1) is 13.0. The van der Waals surface area contributed by atoms with Crippen LogP contribution in [0.2, 0.25) is 0 Å². The van der Waals surface area contributed by atoms with E-state index in [4.69, 9.17) is 14.2 Å². The second kappa shape index (κ2) is 7.86. The van der Waals surface area contributed by atoms with E-state index >= 15 is 0 Å². The summed E-state index contributed by atoms with van der Waals surface area (Å²) in [5.74, 6) is -0.138. The normalized spacial score (nSPS) is 14.7. The van der Waals surface area contributed by atoms with Crippen molar-refractivity contribution in [3.8, 4) is 11.5 Å². The van der Waals surface area contributed by atoms with Crippen molar-refractivity contribution < 1.29 is 23.4 Å². The van der Waals surface area contributed by atoms with E-state index in [0.29, 0.717) is 23.7 Å². The number of carbonyl (C=O) groups is 1. The molecule has 138 valence electrons. The van der Waals surface area contributed by atoms with Crippen molar-refractivity contribution in [2.24, 2.45) is 4.99 Å². The highest BCUT2D eigenvalue weighted by Gasteiger charge is 2.26. The lowest BCUT2D eigenvalue weighted by Crippen LogP contribution is -2.07. The van der Waals surface area contributed by atoms with Crippen LogP contribution >= 0.6 is 0 Å². The van der Waals surface area contributed by atoms with Gasteiger partial charge in [0.2, 0.25) is 5.90 Å². The molecule has 0 radical (unpaired) electrons. The molecule has 0 spiro atoms. The van der Waals surface area contributed by atoms with Crippen LogP contribution in [0.15, 0.2) is 65.3 Å². The Hall–Kier alpha value is -3.41. The highest BCUT2D eigenvalue weighted by molar-refractivity contribution is 6.12. The molecular weight excluding hydrogens is 349 g/mol. The molecule has 0 saturated carbocycles. The van der Waals surface area contributed by atoms with Gasteiger partial charge in [0, 0.05) is 0 Å². The van der Waals surface area contributed by atoms with E-state index < -0.39 is 11.8 Å². The average Bonchev–Trinajstić information content (AvgIpc) is 3.01. The van der Waals surface area contributed by atoms with Crippen LogP contribution < -0.4 is 9.47 Å². The van der Waals surface area contributed by atoms with E-state index in [0.717, 1.165) is 5.57 Å². The maximum absolute atomic E-state index is 13.9. The maximum atomic E-state index is 13.9. The van der Waals surface area contributed by atoms with E-state index in [1.54, 1.807) is 36.4 Å². The van der Waals surface area contributed by atoms with Gasteiger partial charge in [-0.05, 0) is 48.4 Å². The molecule has 0 bridgehead atoms. The molecule has 3 rings (SSSR count). The molecule has 27 heavy (non-hydrogen) atoms. The van der Waals surface area contributed by atoms with Gasteiger partial charge < -0.3 is 14.2 Å². The molecule has 0 aliphatic carbocycles. The molecular formula is C21H18FNO4. The lowest BCUT2D eigenvalue weighted by atomic mass is 10.1. The highest BCUT2D eigenvalue weighted by Crippen LogP contribution is 2.30. The number of methoxy groups -OCH3 is 1. The molecule has 0 atom stereocenters. The Labute approximate surface area is 156 Å². The zero-order chi connectivity index (χ0) is 19.4. The molecule has 2 aromatic carbocycles. The molecule has 0 unspecified atom stereocenters. The SMILES string of the molecule is C=C(C)COc1ccc(/C=C2/N=C(c3ccccc3F)OC2=O)cc1OC. The molecule has 0 N–H and O–H groups in total. The zero-order valence-corrected chi connectivity index (χ0v) is 15.0. The number of rotatable bonds is 6. The predicted octanol–water partition coefficient (Wildman–Crippen LogP) is 4.13. The third kappa shape index (κ3) is 4.23. The zero-order valence-electron chi connectivity index (χ0n) is 15.0. The summed E-state index contributed by atoms with van der Waals surface area (Å²) in [5.41, 5.74) is 1.76. The van der Waals surface area contributed by atoms with E-state index in [1.807, 2.05) is 6.92 Å². The van der Waals surface area contributed by atoms with E-state index in [9.17, 15) is 9.18 Å². The van der Waals surface area contributed by atoms with E-state index in [1.165, 1.54) is 19.2 Å². The fourth-order valence-electron chi connectivity index (χ4n) is 2.41. The minimum atomic E-state index is -0.644. The molecule has 1 aliphatic heterocycles. The van der Waals surface area contributed by atoms with Crippen LogP contribution in [-0.4, -0.2) is 25.6 Å². The molecule has 0 aromatic heterocycles. The summed E-state index contributed by atoms with van der Waals surface area (Å²) in [6, 6.07) is 11.2. The summed E-state index contributed by atoms with van der Waals surface area (Å²) < 4.78 is 29.9. The standard InChI is InChI=1S/C21H18FNO4/c1-13(2)12-26-18-9-8-14(11-19(18)25-3)10-17-21(24)27-20(23-17)15-6-4-5-7-16(15)22/h4-11H,1,12H2,2-3H3/b17-10+. The van der Waals surface area contributed by atoms with Crippen LogP contribution in [0, 0.1) is 5.82 Å². The molecule has 2 aromatic rings. The molecule has 6 heteroatoms. The minimum absolute atomic E-state index is 0.0577. The van der Waals surface area contributed by atoms with Crippen molar-refractivity contribution >= 4 is 17.9 Å². The first-order valence-corrected chi connectivity index (χ1v) is 8.20. The van der Waals surface area contributed by atoms with Gasteiger partial charge in [-0.25, -0.2) is 14.2 Å². The van der Waals surface area contributed by atoms with Crippen molar-refractivity contribution in [2.75, 3.05) is 13.7 Å². The largest absolute Gasteiger partial charge is 0.493 e. The first-order valence-electron chi connectivity index (χ1n) is 8.20. The monoisotopic (exact) mass is 367 g/mol. The van der Waals surface area contributed by atoms with Gasteiger partial charge in [-0.3, -0.25) is 0 Å². The number of hydrogen-bond donors (Lipinski definition) is 0. The van der Waals surface area contributed by atoms with Gasteiger partial charge in [0.1, 0.15) is 12.4 Å².